The summed E-state index contributed by atoms with van der Waals surface area (Å²) in [4.78, 5) is -0.0150. The summed E-state index contributed by atoms with van der Waals surface area (Å²) in [7, 11) is 0. The van der Waals surface area contributed by atoms with Crippen molar-refractivity contribution in [3.63, 3.8) is 0 Å². The van der Waals surface area contributed by atoms with Crippen molar-refractivity contribution >= 4 is 48.8 Å². The Balaban J connectivity index is 1.40. The molecule has 0 aromatic rings. The van der Waals surface area contributed by atoms with Gasteiger partial charge in [0.1, 0.15) is 20.7 Å². The van der Waals surface area contributed by atoms with Crippen molar-refractivity contribution in [2.24, 2.45) is 0 Å². The van der Waals surface area contributed by atoms with E-state index in [2.05, 4.69) is 39.1 Å². The summed E-state index contributed by atoms with van der Waals surface area (Å²) in [6.07, 6.45) is 3.79. The van der Waals surface area contributed by atoms with Crippen molar-refractivity contribution in [3.8, 4) is 0 Å². The van der Waals surface area contributed by atoms with Gasteiger partial charge in [0.05, 0.1) is 0 Å². The summed E-state index contributed by atoms with van der Waals surface area (Å²) in [5, 5.41) is 0. The molecule has 4 unspecified atom stereocenters. The molecule has 2 aliphatic rings. The van der Waals surface area contributed by atoms with Crippen LogP contribution in [-0.2, 0) is 9.47 Å². The second kappa shape index (κ2) is 5.75. The maximum atomic E-state index is 5.39. The normalized spacial score (nSPS) is 43.8. The highest BCUT2D eigenvalue weighted by Gasteiger charge is 2.51. The quantitative estimate of drug-likeness (QED) is 0.406. The van der Waals surface area contributed by atoms with Crippen LogP contribution in [0.25, 0.3) is 0 Å². The van der Waals surface area contributed by atoms with E-state index in [0.29, 0.717) is 0 Å². The highest BCUT2D eigenvalue weighted by Crippen LogP contribution is 2.49. The second-order valence-electron chi connectivity index (χ2n) is 4.73. The molecule has 0 aromatic carbocycles. The molecule has 4 atom stereocenters. The molecule has 0 bridgehead atoms. The Labute approximate surface area is 123 Å². The van der Waals surface area contributed by atoms with E-state index in [1.54, 1.807) is 0 Å². The number of rotatable bonds is 8. The zero-order valence-corrected chi connectivity index (χ0v) is 13.6. The minimum atomic E-state index is -0.00750. The number of unbranched alkanes of at least 4 members (excludes halogenated alkanes) is 2. The summed E-state index contributed by atoms with van der Waals surface area (Å²) in [6.45, 7) is 4.23. The van der Waals surface area contributed by atoms with Gasteiger partial charge in [0.2, 0.25) is 0 Å². The molecule has 100 valence electrons. The molecule has 2 nitrogen and oxygen atoms in total. The third-order valence-electron chi connectivity index (χ3n) is 3.04. The summed E-state index contributed by atoms with van der Waals surface area (Å²) < 4.78 is 10.8. The van der Waals surface area contributed by atoms with E-state index in [1.807, 2.05) is 23.5 Å². The summed E-state index contributed by atoms with van der Waals surface area (Å²) in [5.41, 5.74) is 0.282. The van der Waals surface area contributed by atoms with Crippen LogP contribution in [0.5, 0.6) is 0 Å². The Hall–Kier alpha value is 1.32. The fourth-order valence-corrected chi connectivity index (χ4v) is 4.67. The third kappa shape index (κ3) is 4.14. The predicted molar refractivity (Wildman–Crippen MR) is 83.3 cm³/mol. The van der Waals surface area contributed by atoms with E-state index >= 15 is 0 Å². The van der Waals surface area contributed by atoms with Gasteiger partial charge in [0.15, 0.2) is 0 Å². The van der Waals surface area contributed by atoms with Gasteiger partial charge in [-0.3, -0.25) is 0 Å². The monoisotopic (exact) mass is 312 g/mol. The molecule has 2 aliphatic heterocycles. The lowest BCUT2D eigenvalue weighted by Gasteiger charge is -2.06. The molecule has 0 N–H and O–H groups in total. The maximum absolute atomic E-state index is 5.39. The lowest BCUT2D eigenvalue weighted by Crippen LogP contribution is -2.02. The van der Waals surface area contributed by atoms with Crippen molar-refractivity contribution in [2.45, 2.75) is 53.8 Å². The van der Waals surface area contributed by atoms with E-state index in [1.165, 1.54) is 30.8 Å². The van der Waals surface area contributed by atoms with Gasteiger partial charge in [-0.05, 0) is 38.2 Å². The van der Waals surface area contributed by atoms with E-state index in [9.17, 15) is 0 Å². The van der Waals surface area contributed by atoms with Crippen LogP contribution >= 0.6 is 48.8 Å². The minimum absolute atomic E-state index is 0.00750. The van der Waals surface area contributed by atoms with Gasteiger partial charge in [-0.25, -0.2) is 0 Å². The van der Waals surface area contributed by atoms with Crippen LogP contribution in [0.1, 0.15) is 33.1 Å². The first-order chi connectivity index (χ1) is 7.96. The number of ether oxygens (including phenoxy) is 2. The third-order valence-corrected chi connectivity index (χ3v) is 7.34. The number of thiol groups is 2. The maximum Gasteiger partial charge on any atom is 0.147 e. The lowest BCUT2D eigenvalue weighted by molar-refractivity contribution is 0.394. The van der Waals surface area contributed by atoms with Crippen molar-refractivity contribution in [3.05, 3.63) is 0 Å². The molecule has 0 aliphatic carbocycles. The van der Waals surface area contributed by atoms with Crippen LogP contribution in [0.2, 0.25) is 0 Å². The van der Waals surface area contributed by atoms with Gasteiger partial charge in [-0.1, -0.05) is 6.42 Å². The van der Waals surface area contributed by atoms with E-state index in [0.717, 1.165) is 0 Å². The second-order valence-corrected chi connectivity index (χ2v) is 8.68. The number of hydrogen-bond acceptors (Lipinski definition) is 6. The molecule has 2 rings (SSSR count). The van der Waals surface area contributed by atoms with Crippen LogP contribution in [0, 0.1) is 0 Å². The topological polar surface area (TPSA) is 25.1 Å². The Bertz CT molecular complexity index is 252. The van der Waals surface area contributed by atoms with Gasteiger partial charge in [0.25, 0.3) is 0 Å². The highest BCUT2D eigenvalue weighted by atomic mass is 32.2. The number of thioether (sulfide) groups is 2. The van der Waals surface area contributed by atoms with Gasteiger partial charge in [0, 0.05) is 0 Å². The van der Waals surface area contributed by atoms with Gasteiger partial charge in [-0.2, -0.15) is 0 Å². The van der Waals surface area contributed by atoms with Crippen molar-refractivity contribution in [2.75, 3.05) is 11.5 Å². The zero-order valence-electron chi connectivity index (χ0n) is 10.2. The van der Waals surface area contributed by atoms with Crippen LogP contribution in [0.15, 0.2) is 0 Å². The minimum Gasteiger partial charge on any atom is -0.343 e. The first-order valence-corrected chi connectivity index (χ1v) is 8.96. The van der Waals surface area contributed by atoms with Crippen LogP contribution in [-0.4, -0.2) is 32.2 Å². The standard InChI is InChI=1S/C11H20O2S4/c1-10(8(14)12-10)16-6-4-3-5-7-17-11(2)9(15)13-11/h8-9,14-15H,3-7H2,1-2H3. The molecular weight excluding hydrogens is 292 g/mol. The number of epoxide rings is 2. The number of hydrogen-bond donors (Lipinski definition) is 2. The van der Waals surface area contributed by atoms with E-state index in [-0.39, 0.29) is 20.7 Å². The first-order valence-electron chi connectivity index (χ1n) is 5.96. The predicted octanol–water partition coefficient (Wildman–Crippen LogP) is 3.63. The Kier molecular flexibility index (Phi) is 4.98. The summed E-state index contributed by atoms with van der Waals surface area (Å²) in [5.74, 6) is 2.34. The zero-order chi connectivity index (χ0) is 12.5. The van der Waals surface area contributed by atoms with Crippen LogP contribution in [0.3, 0.4) is 0 Å². The molecule has 2 saturated heterocycles. The molecule has 2 fully saturated rings. The lowest BCUT2D eigenvalue weighted by atomic mass is 10.3. The summed E-state index contributed by atoms with van der Waals surface area (Å²) in [6, 6.07) is 0. The Morgan fingerprint density at radius 1 is 0.882 bits per heavy atom. The average Bonchev–Trinajstić information content (AvgIpc) is 3.05. The largest absolute Gasteiger partial charge is 0.343 e. The van der Waals surface area contributed by atoms with Crippen molar-refractivity contribution in [1.29, 1.82) is 0 Å². The fraction of sp³-hybridized carbons (Fsp3) is 1.00. The van der Waals surface area contributed by atoms with Crippen molar-refractivity contribution < 1.29 is 9.47 Å². The molecule has 0 spiro atoms. The highest BCUT2D eigenvalue weighted by molar-refractivity contribution is 8.02. The molecule has 0 saturated carbocycles. The van der Waals surface area contributed by atoms with E-state index < -0.39 is 0 Å². The Morgan fingerprint density at radius 3 is 1.53 bits per heavy atom. The average molecular weight is 313 g/mol. The SMILES string of the molecule is CC1(SCCCCCSC2(C)OC2S)OC1S. The molecule has 17 heavy (non-hydrogen) atoms. The first kappa shape index (κ1) is 14.7. The van der Waals surface area contributed by atoms with Crippen molar-refractivity contribution in [1.82, 2.24) is 0 Å². The molecule has 0 aromatic heterocycles. The molecule has 0 amide bonds. The molecular formula is C11H20O2S4. The molecule has 0 radical (unpaired) electrons. The van der Waals surface area contributed by atoms with Crippen LogP contribution < -0.4 is 0 Å². The fourth-order valence-electron chi connectivity index (χ4n) is 1.52. The molecule has 2 heterocycles. The van der Waals surface area contributed by atoms with Gasteiger partial charge < -0.3 is 9.47 Å². The summed E-state index contributed by atoms with van der Waals surface area (Å²) >= 11 is 12.4. The Morgan fingerprint density at radius 2 is 1.24 bits per heavy atom. The van der Waals surface area contributed by atoms with Crippen LogP contribution in [0.4, 0.5) is 0 Å². The van der Waals surface area contributed by atoms with Gasteiger partial charge >= 0.3 is 0 Å². The van der Waals surface area contributed by atoms with Gasteiger partial charge in [-0.15, -0.1) is 48.8 Å². The van der Waals surface area contributed by atoms with E-state index in [4.69, 9.17) is 9.47 Å². The molecule has 6 heteroatoms. The smallest absolute Gasteiger partial charge is 0.147 e.